The molecule has 0 saturated heterocycles. The van der Waals surface area contributed by atoms with Crippen molar-refractivity contribution in [2.24, 2.45) is 34.8 Å². The van der Waals surface area contributed by atoms with Gasteiger partial charge in [-0.15, -0.1) is 13.2 Å². The number of carbonyl (C=O) groups excluding carboxylic acids is 2. The van der Waals surface area contributed by atoms with Crippen molar-refractivity contribution >= 4 is 37.6 Å². The number of hydrogen-bond acceptors (Lipinski definition) is 5. The molecule has 4 aliphatic carbocycles. The number of nitrogens with two attached hydrogens (primary N) is 1. The van der Waals surface area contributed by atoms with Gasteiger partial charge in [-0.2, -0.15) is 4.72 Å². The summed E-state index contributed by atoms with van der Waals surface area (Å²) in [6.07, 6.45) is -1.03. The van der Waals surface area contributed by atoms with Crippen LogP contribution in [-0.2, 0) is 19.6 Å². The van der Waals surface area contributed by atoms with Crippen molar-refractivity contribution in [2.75, 3.05) is 0 Å². The maximum Gasteiger partial charge on any atom is 0.573 e. The number of primary amides is 1. The average Bonchev–Trinajstić information content (AvgIpc) is 2.67. The molecule has 0 spiro atoms. The molecular formula is C23H28BrF3N2O5S. The van der Waals surface area contributed by atoms with E-state index in [0.717, 1.165) is 31.4 Å². The second kappa shape index (κ2) is 8.72. The van der Waals surface area contributed by atoms with Crippen LogP contribution in [0.2, 0.25) is 0 Å². The lowest BCUT2D eigenvalue weighted by Crippen LogP contribution is -2.57. The molecule has 1 aromatic rings. The summed E-state index contributed by atoms with van der Waals surface area (Å²) in [4.78, 5) is 24.7. The van der Waals surface area contributed by atoms with Gasteiger partial charge in [0.05, 0.1) is 5.54 Å². The Labute approximate surface area is 210 Å². The molecule has 0 radical (unpaired) electrons. The van der Waals surface area contributed by atoms with Gasteiger partial charge in [-0.05, 0) is 87.8 Å². The predicted molar refractivity (Wildman–Crippen MR) is 124 cm³/mol. The fourth-order valence-corrected chi connectivity index (χ4v) is 8.44. The first-order chi connectivity index (χ1) is 16.0. The van der Waals surface area contributed by atoms with Gasteiger partial charge in [0.15, 0.2) is 11.5 Å². The fourth-order valence-electron chi connectivity index (χ4n) is 6.59. The lowest BCUT2D eigenvalue weighted by Gasteiger charge is -2.59. The number of benzene rings is 1. The van der Waals surface area contributed by atoms with Gasteiger partial charge >= 0.3 is 6.36 Å². The largest absolute Gasteiger partial charge is 0.573 e. The standard InChI is InChI=1S/C23H28BrF3N2O5S/c1-21(2,29-35(32,33)18-4-3-15(24)7-17(18)34-23(25,26)27)19(30)8-16-13-5-12-6-14(16)11-22(9-12,10-13)20(28)31/h3-4,7,12-14,16,29H,5-6,8-11H2,1-2H3,(H2,28,31). The van der Waals surface area contributed by atoms with Gasteiger partial charge < -0.3 is 10.5 Å². The summed E-state index contributed by atoms with van der Waals surface area (Å²) in [6, 6.07) is 3.16. The molecule has 4 bridgehead atoms. The first-order valence-corrected chi connectivity index (χ1v) is 13.7. The van der Waals surface area contributed by atoms with Gasteiger partial charge in [0, 0.05) is 16.3 Å². The Bertz CT molecular complexity index is 1140. The van der Waals surface area contributed by atoms with Crippen molar-refractivity contribution in [3.05, 3.63) is 22.7 Å². The summed E-state index contributed by atoms with van der Waals surface area (Å²) in [7, 11) is -4.54. The first-order valence-electron chi connectivity index (χ1n) is 11.4. The topological polar surface area (TPSA) is 116 Å². The summed E-state index contributed by atoms with van der Waals surface area (Å²) in [5, 5.41) is 0. The van der Waals surface area contributed by atoms with Gasteiger partial charge in [0.1, 0.15) is 4.90 Å². The SMILES string of the molecule is CC(C)(NS(=O)(=O)c1ccc(Br)cc1OC(F)(F)F)C(=O)CC1C2CC3CC1CC(C(N)=O)(C3)C2. The quantitative estimate of drug-likeness (QED) is 0.476. The van der Waals surface area contributed by atoms with Crippen LogP contribution in [0.25, 0.3) is 0 Å². The normalized spacial score (nSPS) is 30.3. The van der Waals surface area contributed by atoms with Gasteiger partial charge in [-0.25, -0.2) is 8.42 Å². The Morgan fingerprint density at radius 2 is 1.77 bits per heavy atom. The number of rotatable bonds is 8. The average molecular weight is 581 g/mol. The molecule has 7 nitrogen and oxygen atoms in total. The maximum absolute atomic E-state index is 13.3. The number of ether oxygens (including phenoxy) is 1. The number of hydrogen-bond donors (Lipinski definition) is 2. The number of nitrogens with one attached hydrogen (secondary N) is 1. The Morgan fingerprint density at radius 3 is 2.31 bits per heavy atom. The Balaban J connectivity index is 1.51. The highest BCUT2D eigenvalue weighted by atomic mass is 79.9. The Morgan fingerprint density at radius 1 is 1.17 bits per heavy atom. The lowest BCUT2D eigenvalue weighted by molar-refractivity contribution is -0.275. The van der Waals surface area contributed by atoms with Crippen LogP contribution >= 0.6 is 15.9 Å². The van der Waals surface area contributed by atoms with E-state index in [2.05, 4.69) is 25.4 Å². The number of amides is 1. The minimum absolute atomic E-state index is 0.0205. The van der Waals surface area contributed by atoms with Crippen LogP contribution in [0.5, 0.6) is 5.75 Å². The van der Waals surface area contributed by atoms with Gasteiger partial charge in [-0.1, -0.05) is 15.9 Å². The minimum Gasteiger partial charge on any atom is -0.404 e. The van der Waals surface area contributed by atoms with Gasteiger partial charge in [-0.3, -0.25) is 9.59 Å². The third-order valence-corrected chi connectivity index (χ3v) is 10.1. The molecule has 1 amide bonds. The van der Waals surface area contributed by atoms with Gasteiger partial charge in [0.2, 0.25) is 15.9 Å². The second-order valence-electron chi connectivity index (χ2n) is 10.8. The molecule has 1 aromatic carbocycles. The Hall–Kier alpha value is -1.66. The molecule has 5 rings (SSSR count). The van der Waals surface area contributed by atoms with E-state index in [4.69, 9.17) is 5.73 Å². The third-order valence-electron chi connectivity index (χ3n) is 7.92. The number of Topliss-reactive ketones (excluding diaryl/α,β-unsaturated/α-hetero) is 1. The third kappa shape index (κ3) is 5.24. The maximum atomic E-state index is 13.3. The summed E-state index contributed by atoms with van der Waals surface area (Å²) in [6.45, 7) is 2.80. The molecule has 0 heterocycles. The fraction of sp³-hybridized carbons (Fsp3) is 0.652. The molecule has 2 atom stereocenters. The summed E-state index contributed by atoms with van der Waals surface area (Å²) in [5.74, 6) is -0.759. The highest BCUT2D eigenvalue weighted by Gasteiger charge is 2.58. The van der Waals surface area contributed by atoms with E-state index in [1.165, 1.54) is 19.9 Å². The second-order valence-corrected chi connectivity index (χ2v) is 13.3. The van der Waals surface area contributed by atoms with E-state index >= 15 is 0 Å². The van der Waals surface area contributed by atoms with Crippen molar-refractivity contribution in [1.82, 2.24) is 4.72 Å². The molecule has 194 valence electrons. The molecular weight excluding hydrogens is 553 g/mol. The molecule has 4 aliphatic rings. The highest BCUT2D eigenvalue weighted by molar-refractivity contribution is 9.10. The zero-order valence-corrected chi connectivity index (χ0v) is 21.7. The van der Waals surface area contributed by atoms with Crippen molar-refractivity contribution < 1.29 is 35.9 Å². The molecule has 12 heteroatoms. The first kappa shape index (κ1) is 26.4. The number of sulfonamides is 1. The number of ketones is 1. The van der Waals surface area contributed by atoms with E-state index in [-0.39, 0.29) is 40.3 Å². The predicted octanol–water partition coefficient (Wildman–Crippen LogP) is 4.29. The van der Waals surface area contributed by atoms with Crippen LogP contribution in [0.4, 0.5) is 13.2 Å². The van der Waals surface area contributed by atoms with Crippen LogP contribution < -0.4 is 15.2 Å². The van der Waals surface area contributed by atoms with Crippen molar-refractivity contribution in [2.45, 2.75) is 69.2 Å². The molecule has 2 unspecified atom stereocenters. The van der Waals surface area contributed by atoms with E-state index in [0.29, 0.717) is 18.8 Å². The van der Waals surface area contributed by atoms with Crippen molar-refractivity contribution in [1.29, 1.82) is 0 Å². The zero-order chi connectivity index (χ0) is 26.0. The van der Waals surface area contributed by atoms with Crippen LogP contribution in [0, 0.1) is 29.1 Å². The molecule has 0 aromatic heterocycles. The van der Waals surface area contributed by atoms with E-state index < -0.39 is 38.0 Å². The molecule has 0 aliphatic heterocycles. The highest BCUT2D eigenvalue weighted by Crippen LogP contribution is 2.63. The number of carbonyl (C=O) groups is 2. The Kier molecular flexibility index (Phi) is 6.58. The van der Waals surface area contributed by atoms with E-state index in [9.17, 15) is 31.2 Å². The lowest BCUT2D eigenvalue weighted by atomic mass is 9.45. The van der Waals surface area contributed by atoms with Crippen LogP contribution in [0.1, 0.15) is 52.4 Å². The minimum atomic E-state index is -5.10. The zero-order valence-electron chi connectivity index (χ0n) is 19.3. The summed E-state index contributed by atoms with van der Waals surface area (Å²) < 4.78 is 71.0. The van der Waals surface area contributed by atoms with Crippen LogP contribution in [0.15, 0.2) is 27.6 Å². The van der Waals surface area contributed by atoms with Crippen molar-refractivity contribution in [3.63, 3.8) is 0 Å². The number of halogens is 4. The monoisotopic (exact) mass is 580 g/mol. The van der Waals surface area contributed by atoms with Crippen LogP contribution in [0.3, 0.4) is 0 Å². The van der Waals surface area contributed by atoms with Crippen molar-refractivity contribution in [3.8, 4) is 5.75 Å². The van der Waals surface area contributed by atoms with E-state index in [1.807, 2.05) is 0 Å². The number of alkyl halides is 3. The molecule has 35 heavy (non-hydrogen) atoms. The summed E-state index contributed by atoms with van der Waals surface area (Å²) in [5.41, 5.74) is 3.66. The molecule has 3 N–H and O–H groups in total. The van der Waals surface area contributed by atoms with Gasteiger partial charge in [0.25, 0.3) is 0 Å². The molecule has 4 saturated carbocycles. The molecule has 4 fully saturated rings. The van der Waals surface area contributed by atoms with E-state index in [1.54, 1.807) is 0 Å². The van der Waals surface area contributed by atoms with Crippen LogP contribution in [-0.4, -0.2) is 32.0 Å². The smallest absolute Gasteiger partial charge is 0.404 e. The summed E-state index contributed by atoms with van der Waals surface area (Å²) >= 11 is 3.01.